The fourth-order valence-corrected chi connectivity index (χ4v) is 5.48. The molecule has 0 spiro atoms. The average molecular weight is 521 g/mol. The molecule has 0 radical (unpaired) electrons. The normalized spacial score (nSPS) is 17.1. The Morgan fingerprint density at radius 3 is 2.47 bits per heavy atom. The number of ether oxygens (including phenoxy) is 2. The molecule has 1 atom stereocenters. The zero-order chi connectivity index (χ0) is 25.6. The zero-order valence-electron chi connectivity index (χ0n) is 19.6. The largest absolute Gasteiger partial charge is 0.507 e. The van der Waals surface area contributed by atoms with E-state index in [4.69, 9.17) is 21.1 Å². The van der Waals surface area contributed by atoms with E-state index < -0.39 is 17.7 Å². The number of carbonyl (C=O) groups excluding carboxylic acids is 2. The number of halogens is 1. The number of methoxy groups -OCH3 is 2. The molecular formula is C27H21ClN2O5S. The number of hydrogen-bond acceptors (Lipinski definition) is 7. The Morgan fingerprint density at radius 1 is 1.03 bits per heavy atom. The predicted molar refractivity (Wildman–Crippen MR) is 140 cm³/mol. The van der Waals surface area contributed by atoms with E-state index in [1.807, 2.05) is 25.1 Å². The number of amides is 1. The lowest BCUT2D eigenvalue weighted by Gasteiger charge is -2.25. The molecule has 2 heterocycles. The van der Waals surface area contributed by atoms with Crippen LogP contribution < -0.4 is 14.4 Å². The number of benzene rings is 3. The Bertz CT molecular complexity index is 1540. The van der Waals surface area contributed by atoms with Gasteiger partial charge < -0.3 is 14.6 Å². The van der Waals surface area contributed by atoms with Gasteiger partial charge in [0.05, 0.1) is 30.0 Å². The molecule has 36 heavy (non-hydrogen) atoms. The predicted octanol–water partition coefficient (Wildman–Crippen LogP) is 5.90. The SMILES string of the molecule is COc1ccc(OC)c([C@@H]2/C(=C(\O)c3ccc(Cl)cc3)C(=O)C(=O)N2c2nc3ccc(C)cc3s2)c1. The summed E-state index contributed by atoms with van der Waals surface area (Å²) in [6.07, 6.45) is 0. The lowest BCUT2D eigenvalue weighted by Crippen LogP contribution is -2.29. The second-order valence-corrected chi connectivity index (χ2v) is 9.70. The number of aryl methyl sites for hydroxylation is 1. The fraction of sp³-hybridized carbons (Fsp3) is 0.148. The number of ketones is 1. The van der Waals surface area contributed by atoms with Gasteiger partial charge in [-0.2, -0.15) is 0 Å². The lowest BCUT2D eigenvalue weighted by molar-refractivity contribution is -0.132. The van der Waals surface area contributed by atoms with Gasteiger partial charge in [0.1, 0.15) is 23.3 Å². The van der Waals surface area contributed by atoms with Crippen molar-refractivity contribution in [3.05, 3.63) is 87.9 Å². The summed E-state index contributed by atoms with van der Waals surface area (Å²) in [5.74, 6) is -1.02. The monoisotopic (exact) mass is 520 g/mol. The van der Waals surface area contributed by atoms with E-state index in [9.17, 15) is 14.7 Å². The van der Waals surface area contributed by atoms with Crippen LogP contribution in [0.1, 0.15) is 22.7 Å². The van der Waals surface area contributed by atoms with Crippen molar-refractivity contribution in [2.45, 2.75) is 13.0 Å². The minimum absolute atomic E-state index is 0.0793. The number of anilines is 1. The number of aliphatic hydroxyl groups is 1. The zero-order valence-corrected chi connectivity index (χ0v) is 21.2. The second kappa shape index (κ2) is 9.29. The number of thiazole rings is 1. The van der Waals surface area contributed by atoms with E-state index in [0.717, 1.165) is 10.3 Å². The number of carbonyl (C=O) groups is 2. The number of aromatic nitrogens is 1. The average Bonchev–Trinajstić information content (AvgIpc) is 3.41. The minimum Gasteiger partial charge on any atom is -0.507 e. The van der Waals surface area contributed by atoms with Crippen LogP contribution in [0.15, 0.2) is 66.2 Å². The molecule has 5 rings (SSSR count). The van der Waals surface area contributed by atoms with Crippen LogP contribution in [0.2, 0.25) is 5.02 Å². The summed E-state index contributed by atoms with van der Waals surface area (Å²) >= 11 is 7.31. The third-order valence-corrected chi connectivity index (χ3v) is 7.30. The summed E-state index contributed by atoms with van der Waals surface area (Å²) in [5, 5.41) is 12.1. The first-order chi connectivity index (χ1) is 17.3. The summed E-state index contributed by atoms with van der Waals surface area (Å²) in [6, 6.07) is 16.2. The molecule has 1 amide bonds. The van der Waals surface area contributed by atoms with Gasteiger partial charge >= 0.3 is 5.91 Å². The second-order valence-electron chi connectivity index (χ2n) is 8.25. The van der Waals surface area contributed by atoms with E-state index in [1.165, 1.54) is 30.5 Å². The van der Waals surface area contributed by atoms with Crippen molar-refractivity contribution in [1.82, 2.24) is 4.98 Å². The summed E-state index contributed by atoms with van der Waals surface area (Å²) in [5.41, 5.74) is 2.50. The van der Waals surface area contributed by atoms with E-state index in [1.54, 1.807) is 42.5 Å². The van der Waals surface area contributed by atoms with Crippen molar-refractivity contribution < 1.29 is 24.2 Å². The van der Waals surface area contributed by atoms with Crippen LogP contribution in [-0.2, 0) is 9.59 Å². The summed E-state index contributed by atoms with van der Waals surface area (Å²) in [4.78, 5) is 32.9. The topological polar surface area (TPSA) is 89.0 Å². The highest BCUT2D eigenvalue weighted by atomic mass is 35.5. The maximum absolute atomic E-state index is 13.5. The van der Waals surface area contributed by atoms with Crippen LogP contribution in [-0.4, -0.2) is 36.0 Å². The van der Waals surface area contributed by atoms with Crippen molar-refractivity contribution >= 4 is 55.7 Å². The van der Waals surface area contributed by atoms with Gasteiger partial charge in [0.15, 0.2) is 5.13 Å². The molecule has 4 aromatic rings. The molecule has 7 nitrogen and oxygen atoms in total. The molecular weight excluding hydrogens is 500 g/mol. The first-order valence-electron chi connectivity index (χ1n) is 11.0. The maximum atomic E-state index is 13.5. The van der Waals surface area contributed by atoms with Gasteiger partial charge in [0.2, 0.25) is 0 Å². The Hall–Kier alpha value is -3.88. The van der Waals surface area contributed by atoms with E-state index in [-0.39, 0.29) is 11.3 Å². The Balaban J connectivity index is 1.78. The van der Waals surface area contributed by atoms with Gasteiger partial charge in [-0.3, -0.25) is 14.5 Å². The van der Waals surface area contributed by atoms with Gasteiger partial charge in [0, 0.05) is 16.1 Å². The van der Waals surface area contributed by atoms with Crippen molar-refractivity contribution in [3.8, 4) is 11.5 Å². The first-order valence-corrected chi connectivity index (χ1v) is 12.2. The number of rotatable bonds is 5. The molecule has 1 aromatic heterocycles. The Labute approximate surface area is 216 Å². The smallest absolute Gasteiger partial charge is 0.301 e. The van der Waals surface area contributed by atoms with Crippen LogP contribution in [0.25, 0.3) is 16.0 Å². The summed E-state index contributed by atoms with van der Waals surface area (Å²) in [6.45, 7) is 1.97. The highest BCUT2D eigenvalue weighted by Crippen LogP contribution is 2.47. The third-order valence-electron chi connectivity index (χ3n) is 6.03. The van der Waals surface area contributed by atoms with Crippen molar-refractivity contribution in [2.24, 2.45) is 0 Å². The van der Waals surface area contributed by atoms with Crippen molar-refractivity contribution in [3.63, 3.8) is 0 Å². The van der Waals surface area contributed by atoms with Gasteiger partial charge in [-0.05, 0) is 67.1 Å². The van der Waals surface area contributed by atoms with Crippen LogP contribution in [0.3, 0.4) is 0 Å². The number of nitrogens with zero attached hydrogens (tertiary/aromatic N) is 2. The fourth-order valence-electron chi connectivity index (χ4n) is 4.26. The van der Waals surface area contributed by atoms with Gasteiger partial charge in [-0.15, -0.1) is 0 Å². The standard InChI is InChI=1S/C27H21ClN2O5S/c1-14-4-10-19-21(12-14)36-27(29-19)30-23(18-13-17(34-2)9-11-20(18)35-3)22(25(32)26(30)33)24(31)15-5-7-16(28)8-6-15/h4-13,23,31H,1-3H3/b24-22+/t23-/m1/s1. The molecule has 1 fully saturated rings. The molecule has 3 aromatic carbocycles. The van der Waals surface area contributed by atoms with Gasteiger partial charge in [-0.25, -0.2) is 4.98 Å². The van der Waals surface area contributed by atoms with Crippen molar-refractivity contribution in [1.29, 1.82) is 0 Å². The molecule has 182 valence electrons. The third kappa shape index (κ3) is 3.98. The molecule has 0 saturated carbocycles. The Kier molecular flexibility index (Phi) is 6.15. The summed E-state index contributed by atoms with van der Waals surface area (Å²) < 4.78 is 11.9. The van der Waals surface area contributed by atoms with Crippen molar-refractivity contribution in [2.75, 3.05) is 19.1 Å². The highest BCUT2D eigenvalue weighted by Gasteiger charge is 2.49. The molecule has 1 N–H and O–H groups in total. The molecule has 0 unspecified atom stereocenters. The lowest BCUT2D eigenvalue weighted by atomic mass is 9.94. The van der Waals surface area contributed by atoms with Crippen LogP contribution in [0, 0.1) is 6.92 Å². The quantitative estimate of drug-likeness (QED) is 0.200. The van der Waals surface area contributed by atoms with E-state index in [0.29, 0.717) is 38.3 Å². The minimum atomic E-state index is -1.01. The van der Waals surface area contributed by atoms with Gasteiger partial charge in [-0.1, -0.05) is 29.0 Å². The number of aliphatic hydroxyl groups excluding tert-OH is 1. The van der Waals surface area contributed by atoms with Crippen LogP contribution >= 0.6 is 22.9 Å². The van der Waals surface area contributed by atoms with E-state index >= 15 is 0 Å². The molecule has 1 aliphatic rings. The molecule has 9 heteroatoms. The van der Waals surface area contributed by atoms with Gasteiger partial charge in [0.25, 0.3) is 5.78 Å². The number of fused-ring (bicyclic) bond motifs is 1. The molecule has 1 saturated heterocycles. The maximum Gasteiger partial charge on any atom is 0.301 e. The summed E-state index contributed by atoms with van der Waals surface area (Å²) in [7, 11) is 3.02. The number of Topliss-reactive ketones (excluding diaryl/α,β-unsaturated/α-hetero) is 1. The Morgan fingerprint density at radius 2 is 1.78 bits per heavy atom. The van der Waals surface area contributed by atoms with E-state index in [2.05, 4.69) is 4.98 Å². The van der Waals surface area contributed by atoms with Crippen LogP contribution in [0.5, 0.6) is 11.5 Å². The molecule has 1 aliphatic heterocycles. The molecule has 0 bridgehead atoms. The first kappa shape index (κ1) is 23.8. The highest BCUT2D eigenvalue weighted by molar-refractivity contribution is 7.22. The number of hydrogen-bond donors (Lipinski definition) is 1. The van der Waals surface area contributed by atoms with Crippen LogP contribution in [0.4, 0.5) is 5.13 Å². The molecule has 0 aliphatic carbocycles.